The van der Waals surface area contributed by atoms with Gasteiger partial charge in [0.2, 0.25) is 0 Å². The Bertz CT molecular complexity index is 676. The Morgan fingerprint density at radius 1 is 1.04 bits per heavy atom. The molecular weight excluding hydrogens is 316 g/mol. The van der Waals surface area contributed by atoms with Gasteiger partial charge in [0.15, 0.2) is 5.69 Å². The fraction of sp³-hybridized carbons (Fsp3) is 0.421. The number of carbonyl (C=O) groups is 1. The number of amides is 1. The van der Waals surface area contributed by atoms with Gasteiger partial charge >= 0.3 is 0 Å². The summed E-state index contributed by atoms with van der Waals surface area (Å²) in [6, 6.07) is 12.9. The summed E-state index contributed by atoms with van der Waals surface area (Å²) in [6.45, 7) is 0.183. The van der Waals surface area contributed by atoms with Gasteiger partial charge in [-0.3, -0.25) is 4.79 Å². The molecule has 0 spiro atoms. The van der Waals surface area contributed by atoms with E-state index in [0.717, 1.165) is 31.4 Å². The van der Waals surface area contributed by atoms with E-state index in [1.807, 2.05) is 30.3 Å². The molecule has 6 nitrogen and oxygen atoms in total. The highest BCUT2D eigenvalue weighted by atomic mass is 16.3. The van der Waals surface area contributed by atoms with Crippen molar-refractivity contribution in [3.8, 4) is 0 Å². The predicted molar refractivity (Wildman–Crippen MR) is 97.5 cm³/mol. The number of aromatic nitrogens is 2. The molecule has 3 N–H and O–H groups in total. The molecular formula is C19H24N4O2. The lowest BCUT2D eigenvalue weighted by molar-refractivity contribution is 0.102. The molecule has 1 fully saturated rings. The zero-order valence-electron chi connectivity index (χ0n) is 14.2. The first-order valence-corrected chi connectivity index (χ1v) is 8.84. The summed E-state index contributed by atoms with van der Waals surface area (Å²) in [6.07, 6.45) is 5.56. The average Bonchev–Trinajstić information content (AvgIpc) is 2.88. The van der Waals surface area contributed by atoms with Crippen molar-refractivity contribution in [2.24, 2.45) is 5.92 Å². The molecule has 1 amide bonds. The summed E-state index contributed by atoms with van der Waals surface area (Å²) in [4.78, 5) is 12.2. The molecule has 2 aromatic rings. The molecule has 2 atom stereocenters. The Hall–Kier alpha value is -2.47. The number of hydrogen-bond donors (Lipinski definition) is 3. The quantitative estimate of drug-likeness (QED) is 0.728. The molecule has 0 saturated heterocycles. The summed E-state index contributed by atoms with van der Waals surface area (Å²) in [5.74, 6) is 0.597. The number of aliphatic hydroxyl groups is 1. The van der Waals surface area contributed by atoms with Crippen LogP contribution in [0, 0.1) is 5.92 Å². The number of hydrogen-bond acceptors (Lipinski definition) is 5. The van der Waals surface area contributed by atoms with Crippen molar-refractivity contribution >= 4 is 17.4 Å². The molecule has 0 unspecified atom stereocenters. The lowest BCUT2D eigenvalue weighted by Gasteiger charge is -2.24. The van der Waals surface area contributed by atoms with Gasteiger partial charge in [-0.2, -0.15) is 0 Å². The topological polar surface area (TPSA) is 87.1 Å². The Balaban J connectivity index is 1.62. The van der Waals surface area contributed by atoms with E-state index in [1.54, 1.807) is 12.1 Å². The molecule has 1 aliphatic carbocycles. The first kappa shape index (κ1) is 17.4. The van der Waals surface area contributed by atoms with E-state index in [0.29, 0.717) is 5.82 Å². The monoisotopic (exact) mass is 340 g/mol. The highest BCUT2D eigenvalue weighted by Gasteiger charge is 2.23. The molecule has 0 radical (unpaired) electrons. The Morgan fingerprint density at radius 2 is 1.84 bits per heavy atom. The van der Waals surface area contributed by atoms with Gasteiger partial charge in [-0.1, -0.05) is 37.5 Å². The van der Waals surface area contributed by atoms with Crippen molar-refractivity contribution in [1.29, 1.82) is 0 Å². The first-order valence-electron chi connectivity index (χ1n) is 8.84. The Labute approximate surface area is 147 Å². The van der Waals surface area contributed by atoms with Crippen LogP contribution in [0.15, 0.2) is 42.5 Å². The van der Waals surface area contributed by atoms with Gasteiger partial charge in [-0.25, -0.2) is 0 Å². The standard InChI is InChI=1S/C19H24N4O2/c24-13-14-7-3-1-6-10-16(14)21-18-12-11-17(22-23-18)19(25)20-15-8-4-2-5-9-15/h2,4-5,8-9,11-12,14,16,24H,1,3,6-7,10,13H2,(H,20,25)(H,21,23)/t14-,16+/m1/s1. The largest absolute Gasteiger partial charge is 0.396 e. The summed E-state index contributed by atoms with van der Waals surface area (Å²) in [5, 5.41) is 23.9. The van der Waals surface area contributed by atoms with E-state index in [1.165, 1.54) is 6.42 Å². The molecule has 1 heterocycles. The summed E-state index contributed by atoms with van der Waals surface area (Å²) in [5.41, 5.74) is 0.995. The highest BCUT2D eigenvalue weighted by Crippen LogP contribution is 2.25. The fourth-order valence-corrected chi connectivity index (χ4v) is 3.23. The number of nitrogens with one attached hydrogen (secondary N) is 2. The minimum absolute atomic E-state index is 0.183. The van der Waals surface area contributed by atoms with Crippen LogP contribution in [-0.2, 0) is 0 Å². The zero-order chi connectivity index (χ0) is 17.5. The zero-order valence-corrected chi connectivity index (χ0v) is 14.2. The maximum absolute atomic E-state index is 12.2. The molecule has 6 heteroatoms. The van der Waals surface area contributed by atoms with Gasteiger partial charge in [0, 0.05) is 24.3 Å². The molecule has 1 aromatic heterocycles. The van der Waals surface area contributed by atoms with Gasteiger partial charge < -0.3 is 15.7 Å². The number of rotatable bonds is 5. The fourth-order valence-electron chi connectivity index (χ4n) is 3.23. The third kappa shape index (κ3) is 4.76. The second-order valence-electron chi connectivity index (χ2n) is 6.46. The van der Waals surface area contributed by atoms with Gasteiger partial charge in [0.05, 0.1) is 0 Å². The maximum Gasteiger partial charge on any atom is 0.276 e. The van der Waals surface area contributed by atoms with E-state index in [9.17, 15) is 9.90 Å². The maximum atomic E-state index is 12.2. The van der Waals surface area contributed by atoms with E-state index < -0.39 is 0 Å². The smallest absolute Gasteiger partial charge is 0.276 e. The second-order valence-corrected chi connectivity index (χ2v) is 6.46. The van der Waals surface area contributed by atoms with Crippen LogP contribution in [0.2, 0.25) is 0 Å². The molecule has 1 aliphatic rings. The second kappa shape index (κ2) is 8.58. The Kier molecular flexibility index (Phi) is 5.95. The van der Waals surface area contributed by atoms with Crippen molar-refractivity contribution in [2.75, 3.05) is 17.2 Å². The summed E-state index contributed by atoms with van der Waals surface area (Å²) < 4.78 is 0. The minimum atomic E-state index is -0.284. The van der Waals surface area contributed by atoms with Crippen LogP contribution in [-0.4, -0.2) is 33.9 Å². The molecule has 0 aliphatic heterocycles. The highest BCUT2D eigenvalue weighted by molar-refractivity contribution is 6.02. The van der Waals surface area contributed by atoms with Crippen LogP contribution >= 0.6 is 0 Å². The van der Waals surface area contributed by atoms with Gasteiger partial charge in [0.1, 0.15) is 5.82 Å². The predicted octanol–water partition coefficient (Wildman–Crippen LogP) is 3.08. The third-order valence-corrected chi connectivity index (χ3v) is 4.66. The third-order valence-electron chi connectivity index (χ3n) is 4.66. The van der Waals surface area contributed by atoms with Gasteiger partial charge in [-0.05, 0) is 37.1 Å². The average molecular weight is 340 g/mol. The van der Waals surface area contributed by atoms with Crippen LogP contribution < -0.4 is 10.6 Å². The lowest BCUT2D eigenvalue weighted by Crippen LogP contribution is -2.31. The van der Waals surface area contributed by atoms with Crippen molar-refractivity contribution in [2.45, 2.75) is 38.1 Å². The van der Waals surface area contributed by atoms with Crippen molar-refractivity contribution in [3.05, 3.63) is 48.2 Å². The number of aliphatic hydroxyl groups excluding tert-OH is 1. The molecule has 25 heavy (non-hydrogen) atoms. The van der Waals surface area contributed by atoms with Gasteiger partial charge in [0.25, 0.3) is 5.91 Å². The van der Waals surface area contributed by atoms with Crippen LogP contribution in [0.5, 0.6) is 0 Å². The van der Waals surface area contributed by atoms with Crippen LogP contribution in [0.25, 0.3) is 0 Å². The molecule has 0 bridgehead atoms. The molecule has 1 aromatic carbocycles. The molecule has 1 saturated carbocycles. The number of nitrogens with zero attached hydrogens (tertiary/aromatic N) is 2. The lowest BCUT2D eigenvalue weighted by atomic mass is 9.96. The number of anilines is 2. The molecule has 3 rings (SSSR count). The van der Waals surface area contributed by atoms with Crippen molar-refractivity contribution in [1.82, 2.24) is 10.2 Å². The van der Waals surface area contributed by atoms with Crippen molar-refractivity contribution < 1.29 is 9.90 Å². The van der Waals surface area contributed by atoms with Crippen molar-refractivity contribution in [3.63, 3.8) is 0 Å². The Morgan fingerprint density at radius 3 is 2.56 bits per heavy atom. The van der Waals surface area contributed by atoms with Crippen LogP contribution in [0.4, 0.5) is 11.5 Å². The van der Waals surface area contributed by atoms with Gasteiger partial charge in [-0.15, -0.1) is 10.2 Å². The number of para-hydroxylation sites is 1. The van der Waals surface area contributed by atoms with Crippen LogP contribution in [0.3, 0.4) is 0 Å². The normalized spacial score (nSPS) is 20.5. The summed E-state index contributed by atoms with van der Waals surface area (Å²) >= 11 is 0. The number of carbonyl (C=O) groups excluding carboxylic acids is 1. The summed E-state index contributed by atoms with van der Waals surface area (Å²) in [7, 11) is 0. The van der Waals surface area contributed by atoms with E-state index in [2.05, 4.69) is 20.8 Å². The number of benzene rings is 1. The van der Waals surface area contributed by atoms with Crippen LogP contribution in [0.1, 0.15) is 42.6 Å². The first-order chi connectivity index (χ1) is 12.3. The minimum Gasteiger partial charge on any atom is -0.396 e. The molecule has 132 valence electrons. The SMILES string of the molecule is O=C(Nc1ccccc1)c1ccc(N[C@H]2CCCCC[C@@H]2CO)nn1. The van der Waals surface area contributed by atoms with E-state index in [4.69, 9.17) is 0 Å². The van der Waals surface area contributed by atoms with E-state index >= 15 is 0 Å². The van der Waals surface area contributed by atoms with E-state index in [-0.39, 0.29) is 30.2 Å².